The molecule has 0 saturated carbocycles. The van der Waals surface area contributed by atoms with Gasteiger partial charge >= 0.3 is 12.1 Å². The number of sulfonamides is 1. The molecule has 0 amide bonds. The van der Waals surface area contributed by atoms with E-state index in [1.165, 1.54) is 26.4 Å². The molecule has 1 aliphatic rings. The Morgan fingerprint density at radius 3 is 2.39 bits per heavy atom. The molecule has 190 valence electrons. The van der Waals surface area contributed by atoms with Crippen LogP contribution in [0.4, 0.5) is 18.9 Å². The van der Waals surface area contributed by atoms with Crippen LogP contribution in [-0.2, 0) is 27.5 Å². The van der Waals surface area contributed by atoms with Gasteiger partial charge in [0.2, 0.25) is 0 Å². The number of pyridine rings is 1. The molecule has 0 spiro atoms. The Labute approximate surface area is 212 Å². The van der Waals surface area contributed by atoms with Crippen molar-refractivity contribution in [2.75, 3.05) is 18.9 Å². The molecule has 1 N–H and O–H groups in total. The number of aromatic nitrogens is 1. The third kappa shape index (κ3) is 4.72. The van der Waals surface area contributed by atoms with Gasteiger partial charge in [0.15, 0.2) is 5.75 Å². The summed E-state index contributed by atoms with van der Waals surface area (Å²) in [7, 11) is -1.74. The number of esters is 1. The number of nitrogens with one attached hydrogen (secondary N) is 1. The van der Waals surface area contributed by atoms with E-state index in [4.69, 9.17) is 14.2 Å². The number of cyclic esters (lactones) is 1. The number of fused-ring (bicyclic) bond motifs is 6. The van der Waals surface area contributed by atoms with E-state index in [2.05, 4.69) is 25.6 Å². The predicted molar refractivity (Wildman–Crippen MR) is 127 cm³/mol. The van der Waals surface area contributed by atoms with Gasteiger partial charge in [-0.2, -0.15) is 13.2 Å². The number of aryl methyl sites for hydroxylation is 1. The molecule has 1 aliphatic heterocycles. The molecule has 4 bridgehead atoms. The van der Waals surface area contributed by atoms with Gasteiger partial charge in [-0.1, -0.05) is 0 Å². The van der Waals surface area contributed by atoms with Crippen molar-refractivity contribution in [2.24, 2.45) is 0 Å². The van der Waals surface area contributed by atoms with Crippen LogP contribution in [0.1, 0.15) is 27.2 Å². The first-order valence-electron chi connectivity index (χ1n) is 10.2. The van der Waals surface area contributed by atoms with E-state index in [-0.39, 0.29) is 43.2 Å². The Balaban J connectivity index is 2.03. The third-order valence-electron chi connectivity index (χ3n) is 5.41. The highest BCUT2D eigenvalue weighted by molar-refractivity contribution is 9.10. The minimum Gasteiger partial charge on any atom is -0.494 e. The molecule has 8 nitrogen and oxygen atoms in total. The molecule has 3 aromatic rings. The molecule has 13 heteroatoms. The zero-order valence-electron chi connectivity index (χ0n) is 19.0. The molecule has 0 radical (unpaired) electrons. The van der Waals surface area contributed by atoms with Gasteiger partial charge in [-0.3, -0.25) is 9.71 Å². The zero-order chi connectivity index (χ0) is 26.4. The van der Waals surface area contributed by atoms with Crippen LogP contribution in [0.2, 0.25) is 0 Å². The summed E-state index contributed by atoms with van der Waals surface area (Å²) in [6.45, 7) is 1.12. The van der Waals surface area contributed by atoms with E-state index >= 15 is 0 Å². The lowest BCUT2D eigenvalue weighted by Gasteiger charge is -2.18. The lowest BCUT2D eigenvalue weighted by atomic mass is 9.98. The number of carbonyl (C=O) groups is 1. The average Bonchev–Trinajstić information content (AvgIpc) is 2.80. The first-order chi connectivity index (χ1) is 16.9. The molecule has 4 rings (SSSR count). The lowest BCUT2D eigenvalue weighted by Crippen LogP contribution is -2.16. The molecule has 1 aromatic heterocycles. The minimum absolute atomic E-state index is 0.0217. The van der Waals surface area contributed by atoms with Crippen molar-refractivity contribution >= 4 is 37.6 Å². The van der Waals surface area contributed by atoms with Crippen LogP contribution in [0, 0.1) is 6.92 Å². The number of rotatable bonds is 2. The Morgan fingerprint density at radius 2 is 1.75 bits per heavy atom. The first-order valence-corrected chi connectivity index (χ1v) is 12.5. The molecule has 0 atom stereocenters. The second-order valence-corrected chi connectivity index (χ2v) is 10.3. The summed E-state index contributed by atoms with van der Waals surface area (Å²) in [4.78, 5) is 16.0. The topological polar surface area (TPSA) is 104 Å². The van der Waals surface area contributed by atoms with Crippen molar-refractivity contribution in [2.45, 2.75) is 24.6 Å². The maximum atomic E-state index is 13.4. The van der Waals surface area contributed by atoms with Crippen LogP contribution in [-0.4, -0.2) is 33.6 Å². The lowest BCUT2D eigenvalue weighted by molar-refractivity contribution is -0.141. The first kappa shape index (κ1) is 25.8. The quantitative estimate of drug-likeness (QED) is 0.405. The summed E-state index contributed by atoms with van der Waals surface area (Å²) in [5.74, 6) is -0.825. The van der Waals surface area contributed by atoms with Crippen LogP contribution in [0.3, 0.4) is 0 Å². The smallest absolute Gasteiger partial charge is 0.433 e. The molecule has 2 aromatic carbocycles. The maximum absolute atomic E-state index is 13.4. The largest absolute Gasteiger partial charge is 0.494 e. The fourth-order valence-corrected chi connectivity index (χ4v) is 5.84. The van der Waals surface area contributed by atoms with Crippen LogP contribution < -0.4 is 14.2 Å². The van der Waals surface area contributed by atoms with Gasteiger partial charge in [0, 0.05) is 17.3 Å². The van der Waals surface area contributed by atoms with E-state index in [0.29, 0.717) is 11.1 Å². The number of hydrogen-bond acceptors (Lipinski definition) is 7. The van der Waals surface area contributed by atoms with Gasteiger partial charge in [0.1, 0.15) is 22.9 Å². The molecule has 0 fully saturated rings. The molecular formula is C23H18BrF3N2O6S. The summed E-state index contributed by atoms with van der Waals surface area (Å²) in [6.07, 6.45) is -3.72. The Hall–Kier alpha value is -3.32. The van der Waals surface area contributed by atoms with Gasteiger partial charge < -0.3 is 14.2 Å². The number of benzene rings is 2. The second-order valence-electron chi connectivity index (χ2n) is 7.77. The SMILES string of the molecule is COc1c(C)cc2cc1NS(=O)(=O)c1cc(cc(Br)c1OC)C(=O)OCc1cc(C(F)(F)F)ncc1-2. The number of nitrogens with zero attached hydrogens (tertiary/aromatic N) is 1. The zero-order valence-corrected chi connectivity index (χ0v) is 21.4. The van der Waals surface area contributed by atoms with Gasteiger partial charge in [0.25, 0.3) is 10.0 Å². The monoisotopic (exact) mass is 586 g/mol. The van der Waals surface area contributed by atoms with Crippen LogP contribution >= 0.6 is 15.9 Å². The van der Waals surface area contributed by atoms with Gasteiger partial charge in [0.05, 0.1) is 29.9 Å². The van der Waals surface area contributed by atoms with Crippen molar-refractivity contribution in [3.8, 4) is 22.6 Å². The fourth-order valence-electron chi connectivity index (χ4n) is 3.82. The second kappa shape index (κ2) is 9.28. The summed E-state index contributed by atoms with van der Waals surface area (Å²) < 4.78 is 85.5. The fraction of sp³-hybridized carbons (Fsp3) is 0.217. The number of ether oxygens (including phenoxy) is 3. The summed E-state index contributed by atoms with van der Waals surface area (Å²) in [5.41, 5.74) is -0.244. The molecule has 0 aliphatic carbocycles. The van der Waals surface area contributed by atoms with Gasteiger partial charge in [-0.15, -0.1) is 0 Å². The van der Waals surface area contributed by atoms with E-state index < -0.39 is 34.5 Å². The highest BCUT2D eigenvalue weighted by atomic mass is 79.9. The van der Waals surface area contributed by atoms with Crippen LogP contribution in [0.25, 0.3) is 11.1 Å². The summed E-state index contributed by atoms with van der Waals surface area (Å²) in [6, 6.07) is 6.15. The number of anilines is 1. The summed E-state index contributed by atoms with van der Waals surface area (Å²) in [5, 5.41) is 0. The van der Waals surface area contributed by atoms with Crippen LogP contribution in [0.5, 0.6) is 11.5 Å². The van der Waals surface area contributed by atoms with Crippen molar-refractivity contribution in [3.63, 3.8) is 0 Å². The molecule has 2 heterocycles. The summed E-state index contributed by atoms with van der Waals surface area (Å²) >= 11 is 3.20. The number of carbonyl (C=O) groups excluding carboxylic acids is 1. The molecular weight excluding hydrogens is 569 g/mol. The Bertz CT molecular complexity index is 1490. The van der Waals surface area contributed by atoms with E-state index in [0.717, 1.165) is 18.3 Å². The number of alkyl halides is 3. The standard InChI is InChI=1S/C23H18BrF3N2O6S/c1-11-4-12-6-17(20(11)33-2)29-36(31,32)18-7-13(5-16(24)21(18)34-3)22(30)35-10-14-8-19(23(25,26)27)28-9-15(12)14/h4-9,29H,10H2,1-3H3. The third-order valence-corrected chi connectivity index (χ3v) is 7.37. The van der Waals surface area contributed by atoms with E-state index in [1.807, 2.05) is 0 Å². The van der Waals surface area contributed by atoms with Crippen molar-refractivity contribution < 1.29 is 40.6 Å². The molecule has 0 unspecified atom stereocenters. The number of halogens is 4. The van der Waals surface area contributed by atoms with E-state index in [1.54, 1.807) is 13.0 Å². The number of methoxy groups -OCH3 is 2. The van der Waals surface area contributed by atoms with E-state index in [9.17, 15) is 26.4 Å². The van der Waals surface area contributed by atoms with Crippen molar-refractivity contribution in [1.29, 1.82) is 0 Å². The predicted octanol–water partition coefficient (Wildman–Crippen LogP) is 5.33. The molecule has 0 saturated heterocycles. The minimum atomic E-state index is -4.73. The highest BCUT2D eigenvalue weighted by Crippen LogP contribution is 2.40. The van der Waals surface area contributed by atoms with Crippen LogP contribution in [0.15, 0.2) is 45.9 Å². The normalized spacial score (nSPS) is 14.8. The average molecular weight is 587 g/mol. The molecule has 36 heavy (non-hydrogen) atoms. The Kier molecular flexibility index (Phi) is 6.64. The van der Waals surface area contributed by atoms with Gasteiger partial charge in [-0.25, -0.2) is 13.2 Å². The maximum Gasteiger partial charge on any atom is 0.433 e. The number of hydrogen-bond donors (Lipinski definition) is 1. The van der Waals surface area contributed by atoms with Gasteiger partial charge in [-0.05, 0) is 64.3 Å². The van der Waals surface area contributed by atoms with Crippen molar-refractivity contribution in [3.05, 3.63) is 63.4 Å². The Morgan fingerprint density at radius 1 is 1.06 bits per heavy atom. The van der Waals surface area contributed by atoms with Crippen molar-refractivity contribution in [1.82, 2.24) is 4.98 Å². The highest BCUT2D eigenvalue weighted by Gasteiger charge is 2.34.